The van der Waals surface area contributed by atoms with Crippen molar-refractivity contribution in [3.05, 3.63) is 29.3 Å². The first kappa shape index (κ1) is 11.8. The molecule has 3 rings (SSSR count). The van der Waals surface area contributed by atoms with Crippen molar-refractivity contribution in [2.75, 3.05) is 7.11 Å². The van der Waals surface area contributed by atoms with Crippen LogP contribution in [0.15, 0.2) is 18.2 Å². The molecule has 2 atom stereocenters. The summed E-state index contributed by atoms with van der Waals surface area (Å²) in [4.78, 5) is 11.7. The van der Waals surface area contributed by atoms with Crippen molar-refractivity contribution in [1.29, 1.82) is 0 Å². The Bertz CT molecular complexity index is 492. The molecule has 0 radical (unpaired) electrons. The summed E-state index contributed by atoms with van der Waals surface area (Å²) in [6.07, 6.45) is 4.68. The normalized spacial score (nSPS) is 30.6. The van der Waals surface area contributed by atoms with Crippen LogP contribution in [-0.2, 0) is 16.6 Å². The summed E-state index contributed by atoms with van der Waals surface area (Å²) in [5, 5.41) is 0. The predicted octanol–water partition coefficient (Wildman–Crippen LogP) is 3.27. The van der Waals surface area contributed by atoms with Gasteiger partial charge in [-0.25, -0.2) is 0 Å². The Kier molecular flexibility index (Phi) is 2.69. The Morgan fingerprint density at radius 2 is 2.17 bits per heavy atom. The molecule has 0 N–H and O–H groups in total. The van der Waals surface area contributed by atoms with Crippen LogP contribution in [-0.4, -0.2) is 12.9 Å². The molecule has 0 amide bonds. The number of hydrogen-bond donors (Lipinski definition) is 0. The standard InChI is InChI=1S/C16H20O2/c1-16-9-8-12(17)10-11(16)6-7-13-14(16)4-3-5-15(13)18-2/h3-5,11H,6-10H2,1-2H3/t11?,16-/m0/s1. The van der Waals surface area contributed by atoms with Gasteiger partial charge < -0.3 is 4.74 Å². The molecule has 0 aliphatic heterocycles. The first-order valence-electron chi connectivity index (χ1n) is 6.83. The van der Waals surface area contributed by atoms with Crippen molar-refractivity contribution in [1.82, 2.24) is 0 Å². The number of benzene rings is 1. The van der Waals surface area contributed by atoms with Crippen LogP contribution in [0.4, 0.5) is 0 Å². The third-order valence-electron chi connectivity index (χ3n) is 5.01. The van der Waals surface area contributed by atoms with Gasteiger partial charge in [-0.2, -0.15) is 0 Å². The number of ether oxygens (including phenoxy) is 1. The van der Waals surface area contributed by atoms with Gasteiger partial charge in [0.05, 0.1) is 7.11 Å². The molecule has 0 heterocycles. The predicted molar refractivity (Wildman–Crippen MR) is 71.0 cm³/mol. The van der Waals surface area contributed by atoms with Crippen LogP contribution in [0.2, 0.25) is 0 Å². The monoisotopic (exact) mass is 244 g/mol. The van der Waals surface area contributed by atoms with E-state index in [-0.39, 0.29) is 5.41 Å². The van der Waals surface area contributed by atoms with Crippen molar-refractivity contribution >= 4 is 5.78 Å². The van der Waals surface area contributed by atoms with E-state index in [1.54, 1.807) is 7.11 Å². The summed E-state index contributed by atoms with van der Waals surface area (Å²) in [5.41, 5.74) is 2.97. The van der Waals surface area contributed by atoms with Crippen molar-refractivity contribution in [2.45, 2.75) is 44.4 Å². The summed E-state index contributed by atoms with van der Waals surface area (Å²) in [7, 11) is 1.74. The van der Waals surface area contributed by atoms with Gasteiger partial charge in [0, 0.05) is 12.8 Å². The van der Waals surface area contributed by atoms with Crippen LogP contribution < -0.4 is 4.74 Å². The van der Waals surface area contributed by atoms with Crippen LogP contribution >= 0.6 is 0 Å². The fourth-order valence-electron chi connectivity index (χ4n) is 3.85. The fraction of sp³-hybridized carbons (Fsp3) is 0.562. The van der Waals surface area contributed by atoms with Crippen molar-refractivity contribution in [3.63, 3.8) is 0 Å². The molecule has 0 spiro atoms. The van der Waals surface area contributed by atoms with E-state index in [0.717, 1.165) is 37.9 Å². The maximum atomic E-state index is 11.7. The summed E-state index contributed by atoms with van der Waals surface area (Å²) in [6, 6.07) is 6.37. The van der Waals surface area contributed by atoms with E-state index in [9.17, 15) is 4.79 Å². The van der Waals surface area contributed by atoms with Gasteiger partial charge in [-0.15, -0.1) is 0 Å². The summed E-state index contributed by atoms with van der Waals surface area (Å²) in [6.45, 7) is 2.33. The van der Waals surface area contributed by atoms with E-state index in [0.29, 0.717) is 11.7 Å². The minimum atomic E-state index is 0.177. The van der Waals surface area contributed by atoms with Gasteiger partial charge >= 0.3 is 0 Å². The maximum Gasteiger partial charge on any atom is 0.133 e. The number of methoxy groups -OCH3 is 1. The smallest absolute Gasteiger partial charge is 0.133 e. The van der Waals surface area contributed by atoms with Gasteiger partial charge in [-0.3, -0.25) is 4.79 Å². The van der Waals surface area contributed by atoms with Gasteiger partial charge in [0.15, 0.2) is 0 Å². The number of hydrogen-bond acceptors (Lipinski definition) is 2. The summed E-state index contributed by atoms with van der Waals surface area (Å²) < 4.78 is 5.49. The van der Waals surface area contributed by atoms with Gasteiger partial charge in [-0.05, 0) is 47.8 Å². The second-order valence-electron chi connectivity index (χ2n) is 5.88. The summed E-state index contributed by atoms with van der Waals surface area (Å²) in [5.74, 6) is 1.99. The highest BCUT2D eigenvalue weighted by atomic mass is 16.5. The number of carbonyl (C=O) groups excluding carboxylic acids is 1. The Morgan fingerprint density at radius 3 is 2.94 bits per heavy atom. The zero-order valence-corrected chi connectivity index (χ0v) is 11.2. The van der Waals surface area contributed by atoms with E-state index in [4.69, 9.17) is 4.74 Å². The first-order valence-corrected chi connectivity index (χ1v) is 6.83. The Balaban J connectivity index is 2.09. The number of ketones is 1. The molecule has 2 aliphatic rings. The lowest BCUT2D eigenvalue weighted by Gasteiger charge is -2.46. The third kappa shape index (κ3) is 1.58. The highest BCUT2D eigenvalue weighted by Crippen LogP contribution is 2.50. The number of fused-ring (bicyclic) bond motifs is 3. The molecule has 96 valence electrons. The molecule has 1 unspecified atom stereocenters. The quantitative estimate of drug-likeness (QED) is 0.758. The maximum absolute atomic E-state index is 11.7. The van der Waals surface area contributed by atoms with Gasteiger partial charge in [0.25, 0.3) is 0 Å². The molecule has 2 nitrogen and oxygen atoms in total. The molecule has 0 bridgehead atoms. The van der Waals surface area contributed by atoms with Crippen LogP contribution in [0.3, 0.4) is 0 Å². The molecule has 0 saturated heterocycles. The zero-order valence-electron chi connectivity index (χ0n) is 11.2. The van der Waals surface area contributed by atoms with Crippen LogP contribution in [0.25, 0.3) is 0 Å². The highest BCUT2D eigenvalue weighted by Gasteiger charge is 2.44. The zero-order chi connectivity index (χ0) is 12.8. The number of rotatable bonds is 1. The molecule has 1 aromatic rings. The van der Waals surface area contributed by atoms with Crippen molar-refractivity contribution < 1.29 is 9.53 Å². The largest absolute Gasteiger partial charge is 0.496 e. The average molecular weight is 244 g/mol. The topological polar surface area (TPSA) is 26.3 Å². The third-order valence-corrected chi connectivity index (χ3v) is 5.01. The van der Waals surface area contributed by atoms with E-state index < -0.39 is 0 Å². The van der Waals surface area contributed by atoms with E-state index in [1.165, 1.54) is 11.1 Å². The summed E-state index contributed by atoms with van der Waals surface area (Å²) >= 11 is 0. The van der Waals surface area contributed by atoms with E-state index >= 15 is 0 Å². The molecule has 1 fully saturated rings. The first-order chi connectivity index (χ1) is 8.65. The lowest BCUT2D eigenvalue weighted by atomic mass is 9.58. The molecular formula is C16H20O2. The lowest BCUT2D eigenvalue weighted by molar-refractivity contribution is -0.123. The molecule has 18 heavy (non-hydrogen) atoms. The fourth-order valence-corrected chi connectivity index (χ4v) is 3.85. The van der Waals surface area contributed by atoms with Gasteiger partial charge in [-0.1, -0.05) is 19.1 Å². The van der Waals surface area contributed by atoms with E-state index in [2.05, 4.69) is 25.1 Å². The lowest BCUT2D eigenvalue weighted by Crippen LogP contribution is -2.41. The minimum Gasteiger partial charge on any atom is -0.496 e. The Hall–Kier alpha value is -1.31. The van der Waals surface area contributed by atoms with Crippen LogP contribution in [0.5, 0.6) is 5.75 Å². The van der Waals surface area contributed by atoms with Crippen molar-refractivity contribution in [3.8, 4) is 5.75 Å². The molecule has 1 aromatic carbocycles. The molecule has 1 saturated carbocycles. The highest BCUT2D eigenvalue weighted by molar-refractivity contribution is 5.80. The molecule has 0 aromatic heterocycles. The van der Waals surface area contributed by atoms with Crippen LogP contribution in [0, 0.1) is 5.92 Å². The number of carbonyl (C=O) groups is 1. The molecule has 2 aliphatic carbocycles. The van der Waals surface area contributed by atoms with Crippen LogP contribution in [0.1, 0.15) is 43.7 Å². The second-order valence-corrected chi connectivity index (χ2v) is 5.88. The molecular weight excluding hydrogens is 224 g/mol. The Labute approximate surface area is 108 Å². The Morgan fingerprint density at radius 1 is 1.33 bits per heavy atom. The number of Topliss-reactive ketones (excluding diaryl/α,β-unsaturated/α-hetero) is 1. The second kappa shape index (κ2) is 4.11. The minimum absolute atomic E-state index is 0.177. The van der Waals surface area contributed by atoms with Gasteiger partial charge in [0.2, 0.25) is 0 Å². The molecule has 2 heteroatoms. The SMILES string of the molecule is COc1cccc2c1CCC1CC(=O)CC[C@]21C. The average Bonchev–Trinajstić information content (AvgIpc) is 2.39. The van der Waals surface area contributed by atoms with E-state index in [1.807, 2.05) is 0 Å². The van der Waals surface area contributed by atoms with Gasteiger partial charge in [0.1, 0.15) is 11.5 Å². The van der Waals surface area contributed by atoms with Crippen molar-refractivity contribution in [2.24, 2.45) is 5.92 Å².